The fourth-order valence-corrected chi connectivity index (χ4v) is 4.06. The number of halogens is 2. The number of likely N-dealkylation sites (tertiary alicyclic amines) is 1. The first-order valence-electron chi connectivity index (χ1n) is 10.9. The molecule has 0 atom stereocenters. The Balaban J connectivity index is 1.32. The molecule has 1 N–H and O–H groups in total. The lowest BCUT2D eigenvalue weighted by atomic mass is 10.0. The first kappa shape index (κ1) is 23.2. The molecule has 1 fully saturated rings. The molecule has 0 unspecified atom stereocenters. The summed E-state index contributed by atoms with van der Waals surface area (Å²) in [7, 11) is 1.71. The second kappa shape index (κ2) is 9.86. The van der Waals surface area contributed by atoms with Crippen LogP contribution < -0.4 is 10.0 Å². The number of benzene rings is 2. The van der Waals surface area contributed by atoms with Gasteiger partial charge in [0.1, 0.15) is 17.2 Å². The zero-order chi connectivity index (χ0) is 24.2. The number of anilines is 1. The van der Waals surface area contributed by atoms with E-state index in [0.29, 0.717) is 53.0 Å². The summed E-state index contributed by atoms with van der Waals surface area (Å²) in [4.78, 5) is 28.6. The van der Waals surface area contributed by atoms with Gasteiger partial charge in [-0.3, -0.25) is 4.79 Å². The standard InChI is InChI=1S/C25H24F2N4O3/c1-29(23-8-11-30(12-9-23)24(32)18-3-2-10-31(34)16-18)25(33)28-22-6-4-17(5-7-22)19-13-20(26)15-21(27)14-19/h2-7,10,13-16,23H,8-9,11-12H2,1H3,(H,28,33). The molecular formula is C25H24F2N4O3. The van der Waals surface area contributed by atoms with Gasteiger partial charge >= 0.3 is 6.03 Å². The SMILES string of the molecule is CN(C(=O)Nc1ccc(-c2cc(F)cc(F)c2)cc1)C1CCN(C(=O)c2ccc[n+]([O-])c2)CC1. The summed E-state index contributed by atoms with van der Waals surface area (Å²) in [6.07, 6.45) is 3.81. The first-order valence-corrected chi connectivity index (χ1v) is 10.9. The molecule has 3 aromatic rings. The molecule has 9 heteroatoms. The van der Waals surface area contributed by atoms with Crippen molar-refractivity contribution in [2.24, 2.45) is 0 Å². The van der Waals surface area contributed by atoms with Crippen molar-refractivity contribution < 1.29 is 23.1 Å². The Kier molecular flexibility index (Phi) is 6.72. The maximum Gasteiger partial charge on any atom is 0.321 e. The van der Waals surface area contributed by atoms with Gasteiger partial charge in [0.2, 0.25) is 0 Å². The predicted octanol–water partition coefficient (Wildman–Crippen LogP) is 4.03. The predicted molar refractivity (Wildman–Crippen MR) is 123 cm³/mol. The largest absolute Gasteiger partial charge is 0.619 e. The summed E-state index contributed by atoms with van der Waals surface area (Å²) in [5.41, 5.74) is 1.93. The minimum atomic E-state index is -0.653. The molecule has 3 amide bonds. The summed E-state index contributed by atoms with van der Waals surface area (Å²) in [6.45, 7) is 0.960. The molecule has 0 saturated carbocycles. The van der Waals surface area contributed by atoms with Gasteiger partial charge in [0.05, 0.1) is 0 Å². The van der Waals surface area contributed by atoms with Crippen molar-refractivity contribution in [3.63, 3.8) is 0 Å². The molecule has 1 aliphatic heterocycles. The van der Waals surface area contributed by atoms with Crippen molar-refractivity contribution in [3.8, 4) is 11.1 Å². The number of aromatic nitrogens is 1. The van der Waals surface area contributed by atoms with Gasteiger partial charge in [0.25, 0.3) is 5.91 Å². The van der Waals surface area contributed by atoms with Crippen LogP contribution in [0.1, 0.15) is 23.2 Å². The van der Waals surface area contributed by atoms with Crippen LogP contribution in [0.25, 0.3) is 11.1 Å². The van der Waals surface area contributed by atoms with E-state index in [1.165, 1.54) is 30.6 Å². The fraction of sp³-hybridized carbons (Fsp3) is 0.240. The molecule has 1 aromatic heterocycles. The molecule has 4 rings (SSSR count). The second-order valence-electron chi connectivity index (χ2n) is 8.25. The number of nitrogens with one attached hydrogen (secondary N) is 1. The van der Waals surface area contributed by atoms with Gasteiger partial charge in [0, 0.05) is 44.0 Å². The van der Waals surface area contributed by atoms with Gasteiger partial charge in [-0.1, -0.05) is 12.1 Å². The number of carbonyl (C=O) groups excluding carboxylic acids is 2. The lowest BCUT2D eigenvalue weighted by molar-refractivity contribution is -0.605. The van der Waals surface area contributed by atoms with E-state index in [4.69, 9.17) is 0 Å². The van der Waals surface area contributed by atoms with Gasteiger partial charge in [0.15, 0.2) is 12.4 Å². The summed E-state index contributed by atoms with van der Waals surface area (Å²) >= 11 is 0. The summed E-state index contributed by atoms with van der Waals surface area (Å²) in [6, 6.07) is 12.8. The lowest BCUT2D eigenvalue weighted by Crippen LogP contribution is -2.48. The highest BCUT2D eigenvalue weighted by Gasteiger charge is 2.28. The van der Waals surface area contributed by atoms with E-state index in [1.807, 2.05) is 0 Å². The van der Waals surface area contributed by atoms with Crippen molar-refractivity contribution in [1.29, 1.82) is 0 Å². The van der Waals surface area contributed by atoms with Crippen molar-refractivity contribution in [1.82, 2.24) is 9.80 Å². The van der Waals surface area contributed by atoms with E-state index in [0.717, 1.165) is 6.07 Å². The number of hydrogen-bond acceptors (Lipinski definition) is 3. The topological polar surface area (TPSA) is 79.6 Å². The highest BCUT2D eigenvalue weighted by Crippen LogP contribution is 2.24. The molecule has 0 radical (unpaired) electrons. The van der Waals surface area contributed by atoms with Crippen LogP contribution in [0.4, 0.5) is 19.3 Å². The fourth-order valence-electron chi connectivity index (χ4n) is 4.06. The van der Waals surface area contributed by atoms with Crippen molar-refractivity contribution in [2.75, 3.05) is 25.5 Å². The normalized spacial score (nSPS) is 14.0. The smallest absolute Gasteiger partial charge is 0.321 e. The Morgan fingerprint density at radius 2 is 1.68 bits per heavy atom. The average molecular weight is 466 g/mol. The zero-order valence-corrected chi connectivity index (χ0v) is 18.6. The number of carbonyl (C=O) groups is 2. The van der Waals surface area contributed by atoms with Crippen LogP contribution in [0.15, 0.2) is 67.0 Å². The Hall–Kier alpha value is -4.01. The highest BCUT2D eigenvalue weighted by molar-refractivity contribution is 5.94. The first-order chi connectivity index (χ1) is 16.3. The third-order valence-electron chi connectivity index (χ3n) is 5.97. The lowest BCUT2D eigenvalue weighted by Gasteiger charge is -2.36. The summed E-state index contributed by atoms with van der Waals surface area (Å²) in [5, 5.41) is 14.3. The van der Waals surface area contributed by atoms with E-state index in [1.54, 1.807) is 47.2 Å². The van der Waals surface area contributed by atoms with Gasteiger partial charge < -0.3 is 20.3 Å². The minimum absolute atomic E-state index is 0.0428. The highest BCUT2D eigenvalue weighted by atomic mass is 19.1. The molecule has 1 aliphatic rings. The van der Waals surface area contributed by atoms with Crippen molar-refractivity contribution in [2.45, 2.75) is 18.9 Å². The van der Waals surface area contributed by atoms with E-state index < -0.39 is 11.6 Å². The quantitative estimate of drug-likeness (QED) is 0.466. The molecule has 0 aliphatic carbocycles. The number of rotatable bonds is 4. The average Bonchev–Trinajstić information content (AvgIpc) is 2.83. The number of urea groups is 1. The van der Waals surface area contributed by atoms with Crippen LogP contribution in [0, 0.1) is 16.8 Å². The molecule has 1 saturated heterocycles. The van der Waals surface area contributed by atoms with Crippen LogP contribution in [-0.2, 0) is 0 Å². The van der Waals surface area contributed by atoms with E-state index >= 15 is 0 Å². The number of hydrogen-bond donors (Lipinski definition) is 1. The summed E-state index contributed by atoms with van der Waals surface area (Å²) in [5.74, 6) is -1.51. The van der Waals surface area contributed by atoms with Gasteiger partial charge in [-0.05, 0) is 54.3 Å². The Morgan fingerprint density at radius 3 is 2.29 bits per heavy atom. The van der Waals surface area contributed by atoms with Crippen molar-refractivity contribution in [3.05, 3.63) is 89.4 Å². The molecule has 34 heavy (non-hydrogen) atoms. The third-order valence-corrected chi connectivity index (χ3v) is 5.97. The van der Waals surface area contributed by atoms with Crippen LogP contribution in [-0.4, -0.2) is 47.9 Å². The second-order valence-corrected chi connectivity index (χ2v) is 8.25. The van der Waals surface area contributed by atoms with E-state index in [9.17, 15) is 23.6 Å². The molecular weight excluding hydrogens is 442 g/mol. The molecule has 2 aromatic carbocycles. The van der Waals surface area contributed by atoms with Crippen molar-refractivity contribution >= 4 is 17.6 Å². The minimum Gasteiger partial charge on any atom is -0.619 e. The molecule has 2 heterocycles. The Labute approximate surface area is 195 Å². The van der Waals surface area contributed by atoms with Crippen LogP contribution in [0.3, 0.4) is 0 Å². The van der Waals surface area contributed by atoms with Gasteiger partial charge in [-0.15, -0.1) is 0 Å². The zero-order valence-electron chi connectivity index (χ0n) is 18.6. The van der Waals surface area contributed by atoms with Gasteiger partial charge in [-0.25, -0.2) is 13.6 Å². The maximum absolute atomic E-state index is 13.5. The van der Waals surface area contributed by atoms with Gasteiger partial charge in [-0.2, -0.15) is 4.73 Å². The van der Waals surface area contributed by atoms with Crippen LogP contribution in [0.2, 0.25) is 0 Å². The molecule has 176 valence electrons. The Morgan fingerprint density at radius 1 is 1.03 bits per heavy atom. The number of piperidine rings is 1. The molecule has 0 bridgehead atoms. The monoisotopic (exact) mass is 466 g/mol. The summed E-state index contributed by atoms with van der Waals surface area (Å²) < 4.78 is 27.5. The number of nitrogens with zero attached hydrogens (tertiary/aromatic N) is 3. The van der Waals surface area contributed by atoms with Crippen LogP contribution in [0.5, 0.6) is 0 Å². The van der Waals surface area contributed by atoms with E-state index in [-0.39, 0.29) is 18.0 Å². The third kappa shape index (κ3) is 5.31. The molecule has 7 nitrogen and oxygen atoms in total. The van der Waals surface area contributed by atoms with E-state index in [2.05, 4.69) is 5.32 Å². The number of pyridine rings is 1. The van der Waals surface area contributed by atoms with Crippen LogP contribution >= 0.6 is 0 Å². The molecule has 0 spiro atoms. The maximum atomic E-state index is 13.5. The Bertz CT molecular complexity index is 1170. The number of amides is 3.